The summed E-state index contributed by atoms with van der Waals surface area (Å²) in [5.41, 5.74) is 0.894. The molecule has 1 aromatic carbocycles. The van der Waals surface area contributed by atoms with Gasteiger partial charge in [-0.05, 0) is 43.9 Å². The van der Waals surface area contributed by atoms with Crippen molar-refractivity contribution in [3.63, 3.8) is 0 Å². The summed E-state index contributed by atoms with van der Waals surface area (Å²) in [6.07, 6.45) is 5.63. The number of Topliss-reactive ketones (excluding diaryl/α,β-unsaturated/α-hetero) is 1. The van der Waals surface area contributed by atoms with Crippen molar-refractivity contribution >= 4 is 17.5 Å². The maximum absolute atomic E-state index is 13.6. The molecule has 1 aromatic rings. The Morgan fingerprint density at radius 2 is 2.05 bits per heavy atom. The second kappa shape index (κ2) is 6.19. The average molecular weight is 303 g/mol. The molecule has 0 radical (unpaired) electrons. The molecule has 0 aliphatic carbocycles. The van der Waals surface area contributed by atoms with Crippen molar-refractivity contribution in [1.29, 1.82) is 5.26 Å². The smallest absolute Gasteiger partial charge is 0.166 e. The van der Waals surface area contributed by atoms with E-state index in [0.29, 0.717) is 21.6 Å². The second-order valence-corrected chi connectivity index (χ2v) is 7.59. The lowest BCUT2D eigenvalue weighted by Gasteiger charge is -2.38. The Labute approximate surface area is 128 Å². The third-order valence-corrected chi connectivity index (χ3v) is 6.13. The molecule has 2 aliphatic heterocycles. The lowest BCUT2D eigenvalue weighted by atomic mass is 9.84. The van der Waals surface area contributed by atoms with E-state index >= 15 is 0 Å². The molecular weight excluding hydrogens is 285 g/mol. The number of hydrogen-bond donors (Lipinski definition) is 0. The normalized spacial score (nSPS) is 27.9. The van der Waals surface area contributed by atoms with Gasteiger partial charge in [0.15, 0.2) is 5.78 Å². The van der Waals surface area contributed by atoms with Crippen molar-refractivity contribution in [2.45, 2.75) is 49.0 Å². The highest BCUT2D eigenvalue weighted by molar-refractivity contribution is 8.00. The number of carbonyl (C=O) groups is 1. The molecule has 4 heteroatoms. The lowest BCUT2D eigenvalue weighted by molar-refractivity contribution is 0.0896. The van der Waals surface area contributed by atoms with Crippen LogP contribution in [0, 0.1) is 23.1 Å². The zero-order chi connectivity index (χ0) is 14.8. The van der Waals surface area contributed by atoms with E-state index < -0.39 is 5.82 Å². The second-order valence-electron chi connectivity index (χ2n) is 5.98. The number of nitriles is 1. The summed E-state index contributed by atoms with van der Waals surface area (Å²) in [6, 6.07) is 6.40. The van der Waals surface area contributed by atoms with Crippen LogP contribution < -0.4 is 0 Å². The molecule has 2 unspecified atom stereocenters. The van der Waals surface area contributed by atoms with Gasteiger partial charge in [-0.25, -0.2) is 4.39 Å². The number of ketones is 1. The number of carbonyl (C=O) groups excluding carboxylic acids is 1. The van der Waals surface area contributed by atoms with Gasteiger partial charge in [0.1, 0.15) is 5.82 Å². The minimum atomic E-state index is -0.399. The Bertz CT molecular complexity index is 583. The van der Waals surface area contributed by atoms with Gasteiger partial charge in [0.05, 0.1) is 12.5 Å². The van der Waals surface area contributed by atoms with Crippen LogP contribution in [0.3, 0.4) is 0 Å². The zero-order valence-corrected chi connectivity index (χ0v) is 12.7. The SMILES string of the molecule is N#CCc1cc(C(=O)C2CC3CCCC(C2)S3)ccc1F. The Morgan fingerprint density at radius 3 is 2.71 bits per heavy atom. The van der Waals surface area contributed by atoms with E-state index in [4.69, 9.17) is 5.26 Å². The number of hydrogen-bond acceptors (Lipinski definition) is 3. The third-order valence-electron chi connectivity index (χ3n) is 4.50. The van der Waals surface area contributed by atoms with Gasteiger partial charge < -0.3 is 0 Å². The van der Waals surface area contributed by atoms with Gasteiger partial charge in [-0.2, -0.15) is 17.0 Å². The first-order chi connectivity index (χ1) is 10.2. The van der Waals surface area contributed by atoms with Gasteiger partial charge in [0.25, 0.3) is 0 Å². The summed E-state index contributed by atoms with van der Waals surface area (Å²) in [5, 5.41) is 9.96. The van der Waals surface area contributed by atoms with Gasteiger partial charge >= 0.3 is 0 Å². The Kier molecular flexibility index (Phi) is 4.30. The maximum Gasteiger partial charge on any atom is 0.166 e. The number of benzene rings is 1. The predicted octanol–water partition coefficient (Wildman–Crippen LogP) is 4.14. The highest BCUT2D eigenvalue weighted by Gasteiger charge is 2.35. The zero-order valence-electron chi connectivity index (χ0n) is 11.8. The molecule has 0 amide bonds. The summed E-state index contributed by atoms with van der Waals surface area (Å²) in [7, 11) is 0. The molecular formula is C17H18FNOS. The van der Waals surface area contributed by atoms with Crippen LogP contribution >= 0.6 is 11.8 Å². The highest BCUT2D eigenvalue weighted by Crippen LogP contribution is 2.44. The summed E-state index contributed by atoms with van der Waals surface area (Å²) < 4.78 is 13.6. The molecule has 21 heavy (non-hydrogen) atoms. The molecule has 2 atom stereocenters. The van der Waals surface area contributed by atoms with Gasteiger partial charge in [0, 0.05) is 27.5 Å². The van der Waals surface area contributed by atoms with Crippen LogP contribution in [0.1, 0.15) is 48.0 Å². The van der Waals surface area contributed by atoms with Crippen LogP contribution in [-0.2, 0) is 6.42 Å². The summed E-state index contributed by atoms with van der Waals surface area (Å²) >= 11 is 2.05. The summed E-state index contributed by atoms with van der Waals surface area (Å²) in [5.74, 6) is -0.197. The molecule has 110 valence electrons. The van der Waals surface area contributed by atoms with Crippen molar-refractivity contribution in [3.05, 3.63) is 35.1 Å². The maximum atomic E-state index is 13.6. The number of thioether (sulfide) groups is 1. The van der Waals surface area contributed by atoms with Crippen LogP contribution in [0.4, 0.5) is 4.39 Å². The van der Waals surface area contributed by atoms with Gasteiger partial charge in [-0.3, -0.25) is 4.79 Å². The van der Waals surface area contributed by atoms with Crippen LogP contribution in [-0.4, -0.2) is 16.3 Å². The minimum absolute atomic E-state index is 0.0126. The van der Waals surface area contributed by atoms with Crippen LogP contribution in [0.25, 0.3) is 0 Å². The molecule has 2 bridgehead atoms. The molecule has 0 spiro atoms. The van der Waals surface area contributed by atoms with Crippen molar-refractivity contribution in [1.82, 2.24) is 0 Å². The molecule has 0 N–H and O–H groups in total. The fourth-order valence-corrected chi connectivity index (χ4v) is 5.29. The van der Waals surface area contributed by atoms with E-state index in [0.717, 1.165) is 12.8 Å². The van der Waals surface area contributed by atoms with Gasteiger partial charge in [0.2, 0.25) is 0 Å². The number of halogens is 1. The quantitative estimate of drug-likeness (QED) is 0.788. The molecule has 3 rings (SSSR count). The van der Waals surface area contributed by atoms with Crippen LogP contribution in [0.2, 0.25) is 0 Å². The number of nitrogens with zero attached hydrogens (tertiary/aromatic N) is 1. The minimum Gasteiger partial charge on any atom is -0.294 e. The van der Waals surface area contributed by atoms with Crippen LogP contribution in [0.5, 0.6) is 0 Å². The van der Waals surface area contributed by atoms with E-state index in [-0.39, 0.29) is 18.1 Å². The Balaban J connectivity index is 1.79. The molecule has 2 nitrogen and oxygen atoms in total. The average Bonchev–Trinajstić information content (AvgIpc) is 2.48. The highest BCUT2D eigenvalue weighted by atomic mass is 32.2. The molecule has 2 heterocycles. The van der Waals surface area contributed by atoms with E-state index in [1.54, 1.807) is 12.1 Å². The Morgan fingerprint density at radius 1 is 1.33 bits per heavy atom. The largest absolute Gasteiger partial charge is 0.294 e. The fourth-order valence-electron chi connectivity index (χ4n) is 3.46. The molecule has 0 saturated carbocycles. The molecule has 2 fully saturated rings. The third kappa shape index (κ3) is 3.13. The molecule has 2 aliphatic rings. The topological polar surface area (TPSA) is 40.9 Å². The first-order valence-electron chi connectivity index (χ1n) is 7.52. The van der Waals surface area contributed by atoms with Crippen LogP contribution in [0.15, 0.2) is 18.2 Å². The van der Waals surface area contributed by atoms with E-state index in [1.165, 1.54) is 25.3 Å². The monoisotopic (exact) mass is 303 g/mol. The molecule has 0 aromatic heterocycles. The van der Waals surface area contributed by atoms with E-state index in [9.17, 15) is 9.18 Å². The number of fused-ring (bicyclic) bond motifs is 2. The van der Waals surface area contributed by atoms with Crippen molar-refractivity contribution in [3.8, 4) is 6.07 Å². The van der Waals surface area contributed by atoms with Gasteiger partial charge in [-0.1, -0.05) is 6.42 Å². The van der Waals surface area contributed by atoms with Crippen molar-refractivity contribution in [2.75, 3.05) is 0 Å². The van der Waals surface area contributed by atoms with Gasteiger partial charge in [-0.15, -0.1) is 0 Å². The lowest BCUT2D eigenvalue weighted by Crippen LogP contribution is -2.32. The first-order valence-corrected chi connectivity index (χ1v) is 8.46. The summed E-state index contributed by atoms with van der Waals surface area (Å²) in [4.78, 5) is 12.7. The fraction of sp³-hybridized carbons (Fsp3) is 0.529. The van der Waals surface area contributed by atoms with Crippen molar-refractivity contribution < 1.29 is 9.18 Å². The Hall–Kier alpha value is -1.34. The molecule has 2 saturated heterocycles. The standard InChI is InChI=1S/C17H18FNOS/c18-16-5-4-12(8-11(16)6-7-19)17(20)13-9-14-2-1-3-15(10-13)21-14/h4-5,8,13-15H,1-3,6,9-10H2. The first kappa shape index (κ1) is 14.6. The van der Waals surface area contributed by atoms with E-state index in [1.807, 2.05) is 17.8 Å². The summed E-state index contributed by atoms with van der Waals surface area (Å²) in [6.45, 7) is 0. The number of rotatable bonds is 3. The predicted molar refractivity (Wildman–Crippen MR) is 81.8 cm³/mol. The van der Waals surface area contributed by atoms with Crippen molar-refractivity contribution in [2.24, 2.45) is 5.92 Å². The van der Waals surface area contributed by atoms with E-state index in [2.05, 4.69) is 0 Å².